The van der Waals surface area contributed by atoms with Gasteiger partial charge in [-0.05, 0) is 57.1 Å². The van der Waals surface area contributed by atoms with Gasteiger partial charge in [0.05, 0.1) is 19.3 Å². The quantitative estimate of drug-likeness (QED) is 0.447. The van der Waals surface area contributed by atoms with Gasteiger partial charge in [-0.25, -0.2) is 0 Å². The predicted octanol–water partition coefficient (Wildman–Crippen LogP) is 5.28. The molecule has 0 aromatic heterocycles. The van der Waals surface area contributed by atoms with Crippen molar-refractivity contribution in [1.29, 1.82) is 0 Å². The second-order valence-electron chi connectivity index (χ2n) is 7.81. The first kappa shape index (κ1) is 22.8. The zero-order valence-corrected chi connectivity index (χ0v) is 19.6. The molecule has 31 heavy (non-hydrogen) atoms. The summed E-state index contributed by atoms with van der Waals surface area (Å²) in [5, 5.41) is 4.02. The van der Waals surface area contributed by atoms with Crippen molar-refractivity contribution in [2.45, 2.75) is 46.3 Å². The van der Waals surface area contributed by atoms with Crippen LogP contribution in [0.1, 0.15) is 56.1 Å². The molecular weight excluding hydrogens is 408 g/mol. The minimum absolute atomic E-state index is 0.00714. The van der Waals surface area contributed by atoms with Gasteiger partial charge in [-0.2, -0.15) is 0 Å². The third kappa shape index (κ3) is 4.90. The van der Waals surface area contributed by atoms with Crippen molar-refractivity contribution in [2.24, 2.45) is 0 Å². The normalized spacial score (nSPS) is 16.4. The average molecular weight is 439 g/mol. The van der Waals surface area contributed by atoms with Crippen LogP contribution in [0.5, 0.6) is 11.5 Å². The van der Waals surface area contributed by atoms with Gasteiger partial charge < -0.3 is 19.7 Å². The molecule has 1 N–H and O–H groups in total. The van der Waals surface area contributed by atoms with E-state index in [1.165, 1.54) is 0 Å². The molecule has 0 saturated heterocycles. The van der Waals surface area contributed by atoms with E-state index in [0.717, 1.165) is 24.2 Å². The topological polar surface area (TPSA) is 50.8 Å². The summed E-state index contributed by atoms with van der Waals surface area (Å²) >= 11 is 5.67. The van der Waals surface area contributed by atoms with E-state index >= 15 is 0 Å². The Hall–Kier alpha value is -2.86. The van der Waals surface area contributed by atoms with E-state index in [1.54, 1.807) is 7.11 Å². The van der Waals surface area contributed by atoms with Crippen molar-refractivity contribution >= 4 is 23.1 Å². The molecule has 1 atom stereocenters. The Labute approximate surface area is 190 Å². The largest absolute Gasteiger partial charge is 0.493 e. The number of carbonyl (C=O) groups is 1. The summed E-state index contributed by atoms with van der Waals surface area (Å²) in [6, 6.07) is 14.7. The van der Waals surface area contributed by atoms with Gasteiger partial charge >= 0.3 is 0 Å². The van der Waals surface area contributed by atoms with Gasteiger partial charge in [0.1, 0.15) is 0 Å². The fourth-order valence-corrected chi connectivity index (χ4v) is 4.13. The van der Waals surface area contributed by atoms with Crippen LogP contribution in [0.25, 0.3) is 0 Å². The Morgan fingerprint density at radius 3 is 2.48 bits per heavy atom. The lowest BCUT2D eigenvalue weighted by Gasteiger charge is -2.38. The molecule has 3 rings (SSSR count). The molecule has 0 aliphatic carbocycles. The lowest BCUT2D eigenvalue weighted by molar-refractivity contribution is 0.102. The number of rotatable bonds is 8. The van der Waals surface area contributed by atoms with Crippen LogP contribution in [0.15, 0.2) is 59.8 Å². The number of allylic oxidation sites excluding steroid dienone is 1. The maximum Gasteiger partial charge on any atom is 0.193 e. The van der Waals surface area contributed by atoms with Gasteiger partial charge in [-0.3, -0.25) is 4.79 Å². The van der Waals surface area contributed by atoms with Crippen molar-refractivity contribution in [2.75, 3.05) is 13.7 Å². The van der Waals surface area contributed by atoms with Gasteiger partial charge in [0.25, 0.3) is 0 Å². The Morgan fingerprint density at radius 2 is 1.87 bits per heavy atom. The molecule has 0 radical (unpaired) electrons. The number of benzene rings is 2. The third-order valence-electron chi connectivity index (χ3n) is 5.21. The van der Waals surface area contributed by atoms with Crippen molar-refractivity contribution in [3.05, 3.63) is 70.9 Å². The molecule has 2 aromatic rings. The second kappa shape index (κ2) is 9.96. The fourth-order valence-electron chi connectivity index (χ4n) is 3.78. The van der Waals surface area contributed by atoms with E-state index in [2.05, 4.69) is 12.2 Å². The lowest BCUT2D eigenvalue weighted by Crippen LogP contribution is -2.47. The van der Waals surface area contributed by atoms with Gasteiger partial charge in [-0.1, -0.05) is 43.3 Å². The number of methoxy groups -OCH3 is 1. The molecule has 1 unspecified atom stereocenters. The smallest absolute Gasteiger partial charge is 0.193 e. The Morgan fingerprint density at radius 1 is 1.16 bits per heavy atom. The molecule has 1 aliphatic rings. The molecule has 0 spiro atoms. The summed E-state index contributed by atoms with van der Waals surface area (Å²) in [5.41, 5.74) is 3.12. The van der Waals surface area contributed by atoms with E-state index in [0.29, 0.717) is 27.7 Å². The van der Waals surface area contributed by atoms with Crippen LogP contribution < -0.4 is 14.8 Å². The molecule has 6 heteroatoms. The van der Waals surface area contributed by atoms with Crippen molar-refractivity contribution in [3.8, 4) is 11.5 Å². The summed E-state index contributed by atoms with van der Waals surface area (Å²) < 4.78 is 11.4. The molecule has 1 heterocycles. The predicted molar refractivity (Wildman–Crippen MR) is 128 cm³/mol. The SMILES string of the molecule is CCCN1C(=S)NC(c2ccc(OC)c(OC(C)C)c2)C(C(=O)c2ccccc2)=C1C. The Bertz CT molecular complexity index is 986. The zero-order valence-electron chi connectivity index (χ0n) is 18.8. The highest BCUT2D eigenvalue weighted by Crippen LogP contribution is 2.37. The first-order valence-electron chi connectivity index (χ1n) is 10.6. The number of carbonyl (C=O) groups excluding carboxylic acids is 1. The highest BCUT2D eigenvalue weighted by Gasteiger charge is 2.34. The van der Waals surface area contributed by atoms with Gasteiger partial charge in [0, 0.05) is 23.4 Å². The molecule has 2 aromatic carbocycles. The minimum Gasteiger partial charge on any atom is -0.493 e. The number of nitrogens with zero attached hydrogens (tertiary/aromatic N) is 1. The van der Waals surface area contributed by atoms with E-state index < -0.39 is 0 Å². The summed E-state index contributed by atoms with van der Waals surface area (Å²) in [4.78, 5) is 15.6. The molecule has 0 fully saturated rings. The van der Waals surface area contributed by atoms with Gasteiger partial charge in [-0.15, -0.1) is 0 Å². The second-order valence-corrected chi connectivity index (χ2v) is 8.19. The summed E-state index contributed by atoms with van der Waals surface area (Å²) in [5.74, 6) is 1.28. The number of ketones is 1. The summed E-state index contributed by atoms with van der Waals surface area (Å²) in [6.07, 6.45) is 0.915. The zero-order chi connectivity index (χ0) is 22.5. The number of nitrogens with one attached hydrogen (secondary N) is 1. The standard InChI is InChI=1S/C25H30N2O3S/c1-6-14-27-17(4)22(24(28)18-10-8-7-9-11-18)23(26-25(27)31)19-12-13-20(29-5)21(15-19)30-16(2)3/h7-13,15-16,23H,6,14H2,1-5H3,(H,26,31). The molecule has 164 valence electrons. The number of thiocarbonyl (C=S) groups is 1. The number of ether oxygens (including phenoxy) is 2. The van der Waals surface area contributed by atoms with Crippen LogP contribution in [0.2, 0.25) is 0 Å². The minimum atomic E-state index is -0.381. The van der Waals surface area contributed by atoms with Gasteiger partial charge in [0.15, 0.2) is 22.4 Å². The molecule has 0 saturated carbocycles. The molecule has 5 nitrogen and oxygen atoms in total. The van der Waals surface area contributed by atoms with E-state index in [1.807, 2.05) is 74.2 Å². The highest BCUT2D eigenvalue weighted by atomic mass is 32.1. The van der Waals surface area contributed by atoms with E-state index in [9.17, 15) is 4.79 Å². The molecule has 1 aliphatic heterocycles. The molecule has 0 amide bonds. The monoisotopic (exact) mass is 438 g/mol. The van der Waals surface area contributed by atoms with Gasteiger partial charge in [0.2, 0.25) is 0 Å². The average Bonchev–Trinajstić information content (AvgIpc) is 2.76. The van der Waals surface area contributed by atoms with Crippen LogP contribution >= 0.6 is 12.2 Å². The van der Waals surface area contributed by atoms with Crippen LogP contribution in [0, 0.1) is 0 Å². The number of hydrogen-bond donors (Lipinski definition) is 1. The van der Waals surface area contributed by atoms with Crippen LogP contribution in [-0.2, 0) is 0 Å². The summed E-state index contributed by atoms with van der Waals surface area (Å²) in [6.45, 7) is 8.76. The van der Waals surface area contributed by atoms with Crippen LogP contribution in [-0.4, -0.2) is 35.6 Å². The molecule has 0 bridgehead atoms. The van der Waals surface area contributed by atoms with Crippen molar-refractivity contribution in [1.82, 2.24) is 10.2 Å². The fraction of sp³-hybridized carbons (Fsp3) is 0.360. The maximum absolute atomic E-state index is 13.6. The Kier molecular flexibility index (Phi) is 7.33. The maximum atomic E-state index is 13.6. The van der Waals surface area contributed by atoms with Crippen LogP contribution in [0.4, 0.5) is 0 Å². The van der Waals surface area contributed by atoms with Crippen molar-refractivity contribution < 1.29 is 14.3 Å². The van der Waals surface area contributed by atoms with E-state index in [4.69, 9.17) is 21.7 Å². The molecular formula is C25H30N2O3S. The lowest BCUT2D eigenvalue weighted by atomic mass is 9.89. The first-order valence-corrected chi connectivity index (χ1v) is 11.0. The van der Waals surface area contributed by atoms with Crippen LogP contribution in [0.3, 0.4) is 0 Å². The Balaban J connectivity index is 2.13. The third-order valence-corrected chi connectivity index (χ3v) is 5.55. The number of hydrogen-bond acceptors (Lipinski definition) is 4. The first-order chi connectivity index (χ1) is 14.9. The van der Waals surface area contributed by atoms with E-state index in [-0.39, 0.29) is 17.9 Å². The van der Waals surface area contributed by atoms with Crippen molar-refractivity contribution in [3.63, 3.8) is 0 Å². The number of Topliss-reactive ketones (excluding diaryl/α,β-unsaturated/α-hetero) is 1. The summed E-state index contributed by atoms with van der Waals surface area (Å²) in [7, 11) is 1.62. The highest BCUT2D eigenvalue weighted by molar-refractivity contribution is 7.80.